The number of rotatable bonds is 1. The molecule has 0 radical (unpaired) electrons. The molecule has 0 spiro atoms. The average Bonchev–Trinajstić information content (AvgIpc) is 2.08. The molecule has 0 heterocycles. The summed E-state index contributed by atoms with van der Waals surface area (Å²) in [6.07, 6.45) is 0. The lowest BCUT2D eigenvalue weighted by molar-refractivity contribution is 0.399. The molecule has 0 aromatic heterocycles. The van der Waals surface area contributed by atoms with Crippen LogP contribution in [0.1, 0.15) is 0 Å². The Morgan fingerprint density at radius 2 is 1.50 bits per heavy atom. The third-order valence-corrected chi connectivity index (χ3v) is 1.91. The van der Waals surface area contributed by atoms with Gasteiger partial charge in [0.15, 0.2) is 0 Å². The van der Waals surface area contributed by atoms with E-state index in [-0.39, 0.29) is 4.90 Å². The van der Waals surface area contributed by atoms with Crippen LogP contribution < -0.4 is 0 Å². The molecule has 0 aliphatic heterocycles. The third kappa shape index (κ3) is 3.47. The van der Waals surface area contributed by atoms with Crippen molar-refractivity contribution in [1.29, 1.82) is 0 Å². The van der Waals surface area contributed by atoms with Gasteiger partial charge in [0.1, 0.15) is 0 Å². The summed E-state index contributed by atoms with van der Waals surface area (Å²) in [5, 5.41) is 7.00. The minimum atomic E-state index is -4.00. The molecule has 0 aliphatic rings. The molecule has 12 heavy (non-hydrogen) atoms. The molecule has 0 atom stereocenters. The summed E-state index contributed by atoms with van der Waals surface area (Å²) in [7, 11) is -3.00. The zero-order valence-corrected chi connectivity index (χ0v) is 7.32. The summed E-state index contributed by atoms with van der Waals surface area (Å²) in [6, 6.07) is 7.42. The number of hydrogen-bond donors (Lipinski definition) is 2. The molecule has 0 saturated heterocycles. The van der Waals surface area contributed by atoms with E-state index < -0.39 is 10.1 Å². The first-order valence-corrected chi connectivity index (χ1v) is 4.52. The van der Waals surface area contributed by atoms with Crippen molar-refractivity contribution in [1.82, 2.24) is 0 Å². The molecule has 5 heteroatoms. The molecule has 0 unspecified atom stereocenters. The van der Waals surface area contributed by atoms with E-state index in [9.17, 15) is 8.42 Å². The van der Waals surface area contributed by atoms with Crippen molar-refractivity contribution in [2.45, 2.75) is 4.90 Å². The van der Waals surface area contributed by atoms with Crippen LogP contribution in [0.5, 0.6) is 0 Å². The van der Waals surface area contributed by atoms with Crippen molar-refractivity contribution in [3.8, 4) is 0 Å². The lowest BCUT2D eigenvalue weighted by atomic mass is 10.4. The fourth-order valence-corrected chi connectivity index (χ4v) is 1.09. The maximum absolute atomic E-state index is 10.4. The van der Waals surface area contributed by atoms with Gasteiger partial charge >= 0.3 is 0 Å². The Kier molecular flexibility index (Phi) is 4.50. The first-order valence-electron chi connectivity index (χ1n) is 3.08. The van der Waals surface area contributed by atoms with Crippen LogP contribution in [0.15, 0.2) is 35.2 Å². The Bertz CT molecular complexity index is 303. The Hall–Kier alpha value is -0.910. The molecule has 1 rings (SSSR count). The molecule has 1 aromatic carbocycles. The Labute approximate surface area is 71.2 Å². The van der Waals surface area contributed by atoms with Gasteiger partial charge in [0, 0.05) is 7.11 Å². The number of benzene rings is 1. The van der Waals surface area contributed by atoms with Gasteiger partial charge in [-0.1, -0.05) is 18.2 Å². The van der Waals surface area contributed by atoms with Crippen LogP contribution in [-0.4, -0.2) is 25.2 Å². The average molecular weight is 190 g/mol. The molecule has 4 nitrogen and oxygen atoms in total. The Morgan fingerprint density at radius 3 is 1.75 bits per heavy atom. The smallest absolute Gasteiger partial charge is 0.294 e. The summed E-state index contributed by atoms with van der Waals surface area (Å²) in [5.74, 6) is 0. The number of aliphatic hydroxyl groups is 1. The SMILES string of the molecule is CO.O=S(=O)(O)c1ccccc1. The summed E-state index contributed by atoms with van der Waals surface area (Å²) >= 11 is 0. The van der Waals surface area contributed by atoms with E-state index >= 15 is 0 Å². The van der Waals surface area contributed by atoms with Gasteiger partial charge in [-0.3, -0.25) is 4.55 Å². The van der Waals surface area contributed by atoms with E-state index in [0.29, 0.717) is 0 Å². The second-order valence-corrected chi connectivity index (χ2v) is 3.21. The van der Waals surface area contributed by atoms with Crippen molar-refractivity contribution in [3.63, 3.8) is 0 Å². The van der Waals surface area contributed by atoms with Gasteiger partial charge in [-0.05, 0) is 12.1 Å². The zero-order valence-electron chi connectivity index (χ0n) is 6.51. The van der Waals surface area contributed by atoms with Crippen molar-refractivity contribution in [2.24, 2.45) is 0 Å². The maximum atomic E-state index is 10.4. The fraction of sp³-hybridized carbons (Fsp3) is 0.143. The fourth-order valence-electron chi connectivity index (χ4n) is 0.592. The largest absolute Gasteiger partial charge is 0.400 e. The van der Waals surface area contributed by atoms with Crippen LogP contribution in [-0.2, 0) is 10.1 Å². The summed E-state index contributed by atoms with van der Waals surface area (Å²) in [5.41, 5.74) is 0. The van der Waals surface area contributed by atoms with Crippen molar-refractivity contribution < 1.29 is 18.1 Å². The lowest BCUT2D eigenvalue weighted by Gasteiger charge is -1.92. The van der Waals surface area contributed by atoms with E-state index in [1.165, 1.54) is 12.1 Å². The third-order valence-electron chi connectivity index (χ3n) is 1.04. The van der Waals surface area contributed by atoms with E-state index in [1.54, 1.807) is 18.2 Å². The molecule has 0 aliphatic carbocycles. The summed E-state index contributed by atoms with van der Waals surface area (Å²) in [6.45, 7) is 0. The topological polar surface area (TPSA) is 74.6 Å². The molecule has 2 N–H and O–H groups in total. The highest BCUT2D eigenvalue weighted by atomic mass is 32.2. The van der Waals surface area contributed by atoms with Crippen molar-refractivity contribution >= 4 is 10.1 Å². The van der Waals surface area contributed by atoms with Crippen LogP contribution in [0.25, 0.3) is 0 Å². The molecule has 0 saturated carbocycles. The normalized spacial score (nSPS) is 9.92. The molecule has 0 amide bonds. The lowest BCUT2D eigenvalue weighted by Crippen LogP contribution is -1.96. The number of hydrogen-bond acceptors (Lipinski definition) is 3. The van der Waals surface area contributed by atoms with Crippen molar-refractivity contribution in [3.05, 3.63) is 30.3 Å². The van der Waals surface area contributed by atoms with Gasteiger partial charge in [0.05, 0.1) is 4.90 Å². The molecule has 1 aromatic rings. The molecular formula is C7H10O4S. The maximum Gasteiger partial charge on any atom is 0.294 e. The van der Waals surface area contributed by atoms with Crippen molar-refractivity contribution in [2.75, 3.05) is 7.11 Å². The highest BCUT2D eigenvalue weighted by molar-refractivity contribution is 7.85. The first kappa shape index (κ1) is 11.1. The van der Waals surface area contributed by atoms with Crippen LogP contribution in [0.4, 0.5) is 0 Å². The molecular weight excluding hydrogens is 180 g/mol. The second kappa shape index (κ2) is 4.87. The highest BCUT2D eigenvalue weighted by Crippen LogP contribution is 2.05. The van der Waals surface area contributed by atoms with E-state index in [0.717, 1.165) is 7.11 Å². The predicted molar refractivity (Wildman–Crippen MR) is 44.4 cm³/mol. The first-order chi connectivity index (χ1) is 5.61. The van der Waals surface area contributed by atoms with Gasteiger partial charge in [-0.25, -0.2) is 0 Å². The van der Waals surface area contributed by atoms with Gasteiger partial charge in [-0.2, -0.15) is 8.42 Å². The molecule has 0 fully saturated rings. The quantitative estimate of drug-likeness (QED) is 0.634. The van der Waals surface area contributed by atoms with Crippen LogP contribution in [0, 0.1) is 0 Å². The zero-order chi connectivity index (χ0) is 9.61. The highest BCUT2D eigenvalue weighted by Gasteiger charge is 2.05. The molecule has 68 valence electrons. The van der Waals surface area contributed by atoms with E-state index in [4.69, 9.17) is 9.66 Å². The van der Waals surface area contributed by atoms with Gasteiger partial charge in [0.25, 0.3) is 10.1 Å². The minimum Gasteiger partial charge on any atom is -0.400 e. The van der Waals surface area contributed by atoms with Crippen LogP contribution in [0.2, 0.25) is 0 Å². The predicted octanol–water partition coefficient (Wildman–Crippen LogP) is 0.542. The van der Waals surface area contributed by atoms with Gasteiger partial charge in [-0.15, -0.1) is 0 Å². The van der Waals surface area contributed by atoms with E-state index in [1.807, 2.05) is 0 Å². The summed E-state index contributed by atoms with van der Waals surface area (Å²) in [4.78, 5) is -0.0741. The van der Waals surface area contributed by atoms with E-state index in [2.05, 4.69) is 0 Å². The minimum absolute atomic E-state index is 0.0741. The second-order valence-electron chi connectivity index (χ2n) is 1.79. The summed E-state index contributed by atoms with van der Waals surface area (Å²) < 4.78 is 29.2. The monoisotopic (exact) mass is 190 g/mol. The molecule has 0 bridgehead atoms. The Balaban J connectivity index is 0.000000561. The standard InChI is InChI=1S/C6H6O3S.CH4O/c7-10(8,9)6-4-2-1-3-5-6;1-2/h1-5H,(H,7,8,9);2H,1H3. The Morgan fingerprint density at radius 1 is 1.08 bits per heavy atom. The van der Waals surface area contributed by atoms with Gasteiger partial charge in [0.2, 0.25) is 0 Å². The van der Waals surface area contributed by atoms with Crippen LogP contribution in [0.3, 0.4) is 0 Å². The van der Waals surface area contributed by atoms with Crippen LogP contribution >= 0.6 is 0 Å². The van der Waals surface area contributed by atoms with Gasteiger partial charge < -0.3 is 5.11 Å². The number of aliphatic hydroxyl groups excluding tert-OH is 1.